The van der Waals surface area contributed by atoms with Gasteiger partial charge < -0.3 is 9.47 Å². The molecule has 1 heterocycles. The lowest BCUT2D eigenvalue weighted by atomic mass is 10.1. The number of ether oxygens (including phenoxy) is 2. The molecule has 0 spiro atoms. The first-order valence-electron chi connectivity index (χ1n) is 6.73. The van der Waals surface area contributed by atoms with E-state index in [-0.39, 0.29) is 0 Å². The number of halogens is 1. The topological polar surface area (TPSA) is 31.4 Å². The van der Waals surface area contributed by atoms with E-state index >= 15 is 0 Å². The molecule has 21 heavy (non-hydrogen) atoms. The van der Waals surface area contributed by atoms with Crippen molar-refractivity contribution in [1.29, 1.82) is 0 Å². The van der Waals surface area contributed by atoms with Crippen molar-refractivity contribution in [2.24, 2.45) is 0 Å². The van der Waals surface area contributed by atoms with Crippen molar-refractivity contribution >= 4 is 26.7 Å². The van der Waals surface area contributed by atoms with Gasteiger partial charge in [0.05, 0.1) is 11.1 Å². The molecular formula is C17H14BrNO2. The number of fused-ring (bicyclic) bond motifs is 1. The second kappa shape index (κ2) is 6.14. The van der Waals surface area contributed by atoms with E-state index in [0.29, 0.717) is 18.4 Å². The van der Waals surface area contributed by atoms with E-state index in [1.807, 2.05) is 49.4 Å². The maximum atomic E-state index is 5.87. The fourth-order valence-corrected chi connectivity index (χ4v) is 2.66. The van der Waals surface area contributed by atoms with E-state index in [1.165, 1.54) is 0 Å². The van der Waals surface area contributed by atoms with Crippen LogP contribution in [0, 0.1) is 0 Å². The van der Waals surface area contributed by atoms with Gasteiger partial charge in [0.2, 0.25) is 11.8 Å². The van der Waals surface area contributed by atoms with E-state index in [9.17, 15) is 0 Å². The predicted molar refractivity (Wildman–Crippen MR) is 87.1 cm³/mol. The van der Waals surface area contributed by atoms with Gasteiger partial charge >= 0.3 is 0 Å². The Balaban J connectivity index is 1.94. The van der Waals surface area contributed by atoms with E-state index in [2.05, 4.69) is 33.0 Å². The summed E-state index contributed by atoms with van der Waals surface area (Å²) in [6.07, 6.45) is 0. The highest BCUT2D eigenvalue weighted by atomic mass is 79.9. The average Bonchev–Trinajstić information content (AvgIpc) is 2.51. The maximum Gasteiger partial charge on any atom is 0.222 e. The SMILES string of the molecule is CCOc1cccc(Oc2ccc3ccccc3c2Br)n1. The number of hydrogen-bond donors (Lipinski definition) is 0. The number of nitrogens with zero attached hydrogens (tertiary/aromatic N) is 1. The van der Waals surface area contributed by atoms with E-state index < -0.39 is 0 Å². The summed E-state index contributed by atoms with van der Waals surface area (Å²) in [7, 11) is 0. The molecule has 0 aliphatic rings. The maximum absolute atomic E-state index is 5.87. The van der Waals surface area contributed by atoms with Gasteiger partial charge in [-0.25, -0.2) is 0 Å². The highest BCUT2D eigenvalue weighted by molar-refractivity contribution is 9.10. The van der Waals surface area contributed by atoms with Crippen molar-refractivity contribution in [1.82, 2.24) is 4.98 Å². The second-order valence-electron chi connectivity index (χ2n) is 4.45. The summed E-state index contributed by atoms with van der Waals surface area (Å²) in [6.45, 7) is 2.51. The average molecular weight is 344 g/mol. The van der Waals surface area contributed by atoms with Gasteiger partial charge in [0.1, 0.15) is 5.75 Å². The Morgan fingerprint density at radius 1 is 0.952 bits per heavy atom. The Morgan fingerprint density at radius 3 is 2.62 bits per heavy atom. The fraction of sp³-hybridized carbons (Fsp3) is 0.118. The van der Waals surface area contributed by atoms with Crippen LogP contribution >= 0.6 is 15.9 Å². The summed E-state index contributed by atoms with van der Waals surface area (Å²) in [6, 6.07) is 17.6. The van der Waals surface area contributed by atoms with Crippen LogP contribution in [0.3, 0.4) is 0 Å². The lowest BCUT2D eigenvalue weighted by molar-refractivity contribution is 0.321. The van der Waals surface area contributed by atoms with E-state index in [4.69, 9.17) is 9.47 Å². The van der Waals surface area contributed by atoms with Gasteiger partial charge in [0.15, 0.2) is 0 Å². The molecule has 0 radical (unpaired) electrons. The molecule has 0 fully saturated rings. The molecule has 4 heteroatoms. The van der Waals surface area contributed by atoms with Gasteiger partial charge in [-0.3, -0.25) is 0 Å². The molecule has 0 saturated carbocycles. The number of rotatable bonds is 4. The van der Waals surface area contributed by atoms with Crippen LogP contribution in [0.1, 0.15) is 6.92 Å². The Labute approximate surface area is 131 Å². The Morgan fingerprint density at radius 2 is 1.76 bits per heavy atom. The summed E-state index contributed by atoms with van der Waals surface area (Å²) in [4.78, 5) is 4.31. The molecular weight excluding hydrogens is 330 g/mol. The molecule has 3 aromatic rings. The van der Waals surface area contributed by atoms with Gasteiger partial charge in [-0.2, -0.15) is 4.98 Å². The standard InChI is InChI=1S/C17H14BrNO2/c1-2-20-15-8-5-9-16(19-15)21-14-11-10-12-6-3-4-7-13(12)17(14)18/h3-11H,2H2,1H3. The third-order valence-electron chi connectivity index (χ3n) is 3.03. The third kappa shape index (κ3) is 3.00. The van der Waals surface area contributed by atoms with Crippen LogP contribution < -0.4 is 9.47 Å². The van der Waals surface area contributed by atoms with Crippen molar-refractivity contribution in [3.63, 3.8) is 0 Å². The molecule has 3 nitrogen and oxygen atoms in total. The molecule has 2 aromatic carbocycles. The van der Waals surface area contributed by atoms with Crippen LogP contribution in [-0.2, 0) is 0 Å². The zero-order valence-electron chi connectivity index (χ0n) is 11.5. The van der Waals surface area contributed by atoms with E-state index in [0.717, 1.165) is 21.0 Å². The van der Waals surface area contributed by atoms with Gasteiger partial charge in [-0.15, -0.1) is 0 Å². The highest BCUT2D eigenvalue weighted by Gasteiger charge is 2.08. The van der Waals surface area contributed by atoms with Crippen LogP contribution in [0.4, 0.5) is 0 Å². The smallest absolute Gasteiger partial charge is 0.222 e. The van der Waals surface area contributed by atoms with Gasteiger partial charge in [0, 0.05) is 12.1 Å². The Hall–Kier alpha value is -2.07. The zero-order chi connectivity index (χ0) is 14.7. The molecule has 0 unspecified atom stereocenters. The minimum Gasteiger partial charge on any atom is -0.478 e. The summed E-state index contributed by atoms with van der Waals surface area (Å²) in [5.74, 6) is 1.80. The Kier molecular flexibility index (Phi) is 4.06. The van der Waals surface area contributed by atoms with Crippen molar-refractivity contribution in [3.8, 4) is 17.5 Å². The summed E-state index contributed by atoms with van der Waals surface area (Å²) < 4.78 is 12.2. The third-order valence-corrected chi connectivity index (χ3v) is 3.85. The first-order chi connectivity index (χ1) is 10.3. The zero-order valence-corrected chi connectivity index (χ0v) is 13.1. The van der Waals surface area contributed by atoms with Crippen LogP contribution in [0.2, 0.25) is 0 Å². The lowest BCUT2D eigenvalue weighted by Crippen LogP contribution is -1.96. The quantitative estimate of drug-likeness (QED) is 0.653. The fourth-order valence-electron chi connectivity index (χ4n) is 2.09. The molecule has 1 aromatic heterocycles. The highest BCUT2D eigenvalue weighted by Crippen LogP contribution is 2.35. The second-order valence-corrected chi connectivity index (χ2v) is 5.24. The van der Waals surface area contributed by atoms with Gasteiger partial charge in [-0.05, 0) is 39.7 Å². The van der Waals surface area contributed by atoms with Gasteiger partial charge in [0.25, 0.3) is 0 Å². The molecule has 0 atom stereocenters. The summed E-state index contributed by atoms with van der Waals surface area (Å²) in [5, 5.41) is 2.27. The molecule has 0 aliphatic heterocycles. The molecule has 0 bridgehead atoms. The van der Waals surface area contributed by atoms with Gasteiger partial charge in [-0.1, -0.05) is 36.4 Å². The molecule has 0 N–H and O–H groups in total. The first-order valence-corrected chi connectivity index (χ1v) is 7.52. The molecule has 3 rings (SSSR count). The molecule has 0 saturated heterocycles. The lowest BCUT2D eigenvalue weighted by Gasteiger charge is -2.10. The van der Waals surface area contributed by atoms with Crippen LogP contribution in [0.5, 0.6) is 17.5 Å². The van der Waals surface area contributed by atoms with Crippen LogP contribution in [0.25, 0.3) is 10.8 Å². The first kappa shape index (κ1) is 13.9. The predicted octanol–water partition coefficient (Wildman–Crippen LogP) is 5.19. The largest absolute Gasteiger partial charge is 0.478 e. The molecule has 0 amide bonds. The van der Waals surface area contributed by atoms with Crippen LogP contribution in [0.15, 0.2) is 59.1 Å². The number of hydrogen-bond acceptors (Lipinski definition) is 3. The van der Waals surface area contributed by atoms with Crippen molar-refractivity contribution in [2.45, 2.75) is 6.92 Å². The van der Waals surface area contributed by atoms with Crippen molar-refractivity contribution in [3.05, 3.63) is 59.1 Å². The number of pyridine rings is 1. The Bertz CT molecular complexity index is 774. The van der Waals surface area contributed by atoms with Crippen molar-refractivity contribution in [2.75, 3.05) is 6.61 Å². The van der Waals surface area contributed by atoms with Crippen molar-refractivity contribution < 1.29 is 9.47 Å². The van der Waals surface area contributed by atoms with E-state index in [1.54, 1.807) is 0 Å². The molecule has 106 valence electrons. The monoisotopic (exact) mass is 343 g/mol. The minimum atomic E-state index is 0.511. The summed E-state index contributed by atoms with van der Waals surface area (Å²) in [5.41, 5.74) is 0. The van der Waals surface area contributed by atoms with Crippen LogP contribution in [-0.4, -0.2) is 11.6 Å². The molecule has 0 aliphatic carbocycles. The normalized spacial score (nSPS) is 10.6. The summed E-state index contributed by atoms with van der Waals surface area (Å²) >= 11 is 3.60. The number of aromatic nitrogens is 1. The minimum absolute atomic E-state index is 0.511. The number of benzene rings is 2.